The van der Waals surface area contributed by atoms with Crippen molar-refractivity contribution in [1.82, 2.24) is 0 Å². The highest BCUT2D eigenvalue weighted by Crippen LogP contribution is 1.71. The van der Waals surface area contributed by atoms with Gasteiger partial charge in [0, 0.05) is 13.8 Å². The maximum atomic E-state index is 10.2. The summed E-state index contributed by atoms with van der Waals surface area (Å²) in [6.45, 7) is 2.56. The van der Waals surface area contributed by atoms with E-state index in [0.29, 0.717) is 0 Å². The van der Waals surface area contributed by atoms with Gasteiger partial charge >= 0.3 is 0 Å². The zero-order chi connectivity index (χ0) is 8.69. The zero-order valence-corrected chi connectivity index (χ0v) is 7.50. The predicted octanol–water partition coefficient (Wildman–Crippen LogP) is 0.574. The smallest absolute Gasteiger partial charge is 0.245 e. The van der Waals surface area contributed by atoms with Gasteiger partial charge in [-0.1, -0.05) is 0 Å². The summed E-state index contributed by atoms with van der Waals surface area (Å²) in [7, 11) is 0. The average molecular weight is 193 g/mol. The highest BCUT2D eigenvalue weighted by Gasteiger charge is 1.82. The zero-order valence-electron chi connectivity index (χ0n) is 6.68. The van der Waals surface area contributed by atoms with Crippen molar-refractivity contribution < 1.29 is 14.3 Å². The number of hydrogen-bond donors (Lipinski definition) is 0. The summed E-state index contributed by atoms with van der Waals surface area (Å²) in [4.78, 5) is 26.8. The third kappa shape index (κ3) is 11.6. The van der Waals surface area contributed by atoms with E-state index in [1.54, 1.807) is 0 Å². The van der Waals surface area contributed by atoms with E-state index in [2.05, 4.69) is 14.7 Å². The van der Waals surface area contributed by atoms with E-state index in [-0.39, 0.29) is 24.2 Å². The van der Waals surface area contributed by atoms with Gasteiger partial charge in [0.1, 0.15) is 0 Å². The molecule has 0 aliphatic rings. The van der Waals surface area contributed by atoms with E-state index in [1.165, 1.54) is 13.8 Å². The van der Waals surface area contributed by atoms with Crippen molar-refractivity contribution in [3.63, 3.8) is 0 Å². The molecule has 5 nitrogen and oxygen atoms in total. The molecule has 0 aromatic rings. The minimum absolute atomic E-state index is 0. The Morgan fingerprint density at radius 1 is 1.08 bits per heavy atom. The van der Waals surface area contributed by atoms with Crippen LogP contribution in [0, 0.1) is 0 Å². The Balaban J connectivity index is 0. The molecule has 0 aliphatic carbocycles. The van der Waals surface area contributed by atoms with E-state index in [9.17, 15) is 9.59 Å². The third-order valence-corrected chi connectivity index (χ3v) is 0.591. The predicted molar refractivity (Wildman–Crippen MR) is 46.7 cm³/mol. The number of carbonyl (C=O) groups excluding carboxylic acids is 2. The van der Waals surface area contributed by atoms with Crippen LogP contribution in [0.4, 0.5) is 0 Å². The number of hydrogen-bond acceptors (Lipinski definition) is 3. The quantitative estimate of drug-likeness (QED) is 0.475. The maximum Gasteiger partial charge on any atom is 0.245 e. The van der Waals surface area contributed by atoms with Gasteiger partial charge in [0.15, 0.2) is 12.8 Å². The molecule has 0 radical (unpaired) electrons. The van der Waals surface area contributed by atoms with E-state index in [4.69, 9.17) is 0 Å². The highest BCUT2D eigenvalue weighted by atomic mass is 35.5. The fraction of sp³-hybridized carbons (Fsp3) is 0.333. The molecule has 0 N–H and O–H groups in total. The van der Waals surface area contributed by atoms with E-state index >= 15 is 0 Å². The average Bonchev–Trinajstić information content (AvgIpc) is 1.85. The molecule has 0 bridgehead atoms. The normalized spacial score (nSPS) is 9.83. The van der Waals surface area contributed by atoms with Gasteiger partial charge in [-0.2, -0.15) is 9.98 Å². The Labute approximate surface area is 75.9 Å². The molecule has 0 saturated heterocycles. The second kappa shape index (κ2) is 7.87. The first-order valence-electron chi connectivity index (χ1n) is 2.84. The molecule has 6 heteroatoms. The van der Waals surface area contributed by atoms with Gasteiger partial charge in [0.2, 0.25) is 11.8 Å². The fourth-order valence-corrected chi connectivity index (χ4v) is 0.237. The summed E-state index contributed by atoms with van der Waals surface area (Å²) in [6, 6.07) is 0. The van der Waals surface area contributed by atoms with Crippen molar-refractivity contribution in [1.29, 1.82) is 0 Å². The Hall–Kier alpha value is -1.23. The molecule has 0 unspecified atom stereocenters. The molecule has 0 atom stereocenters. The molecule has 68 valence electrons. The van der Waals surface area contributed by atoms with Crippen LogP contribution in [-0.2, 0) is 14.3 Å². The van der Waals surface area contributed by atoms with Crippen LogP contribution in [0.15, 0.2) is 9.98 Å². The summed E-state index contributed by atoms with van der Waals surface area (Å²) >= 11 is 0. The SMILES string of the molecule is CC(=O)N=COC=NC(C)=O.Cl. The molecule has 0 aliphatic heterocycles. The van der Waals surface area contributed by atoms with E-state index in [0.717, 1.165) is 12.8 Å². The maximum absolute atomic E-state index is 10.2. The van der Waals surface area contributed by atoms with Crippen LogP contribution in [0.3, 0.4) is 0 Å². The Morgan fingerprint density at radius 3 is 1.67 bits per heavy atom. The summed E-state index contributed by atoms with van der Waals surface area (Å²) in [6.07, 6.45) is 1.82. The molecule has 0 spiro atoms. The van der Waals surface area contributed by atoms with Gasteiger partial charge in [0.05, 0.1) is 0 Å². The number of amides is 2. The minimum Gasteiger partial charge on any atom is -0.434 e. The van der Waals surface area contributed by atoms with Crippen LogP contribution in [0.1, 0.15) is 13.8 Å². The van der Waals surface area contributed by atoms with Crippen molar-refractivity contribution in [3.05, 3.63) is 0 Å². The van der Waals surface area contributed by atoms with E-state index in [1.807, 2.05) is 0 Å². The number of rotatable bonds is 2. The second-order valence-electron chi connectivity index (χ2n) is 1.64. The van der Waals surface area contributed by atoms with E-state index < -0.39 is 0 Å². The molecular weight excluding hydrogens is 184 g/mol. The lowest BCUT2D eigenvalue weighted by Crippen LogP contribution is -1.91. The van der Waals surface area contributed by atoms with Crippen LogP contribution in [0.5, 0.6) is 0 Å². The molecular formula is C6H9ClN2O3. The van der Waals surface area contributed by atoms with Gasteiger partial charge in [-0.15, -0.1) is 12.4 Å². The van der Waals surface area contributed by atoms with Crippen LogP contribution < -0.4 is 0 Å². The van der Waals surface area contributed by atoms with Crippen LogP contribution in [0.25, 0.3) is 0 Å². The van der Waals surface area contributed by atoms with Crippen molar-refractivity contribution in [3.8, 4) is 0 Å². The summed E-state index contributed by atoms with van der Waals surface area (Å²) in [5.41, 5.74) is 0. The van der Waals surface area contributed by atoms with Crippen LogP contribution >= 0.6 is 12.4 Å². The summed E-state index contributed by atoms with van der Waals surface area (Å²) in [5.74, 6) is -0.748. The van der Waals surface area contributed by atoms with Gasteiger partial charge in [0.25, 0.3) is 0 Å². The van der Waals surface area contributed by atoms with Crippen LogP contribution in [0.2, 0.25) is 0 Å². The fourth-order valence-electron chi connectivity index (χ4n) is 0.237. The van der Waals surface area contributed by atoms with Crippen LogP contribution in [-0.4, -0.2) is 24.6 Å². The van der Waals surface area contributed by atoms with Crippen molar-refractivity contribution >= 4 is 37.0 Å². The Kier molecular flexibility index (Phi) is 8.77. The Bertz CT molecular complexity index is 191. The third-order valence-electron chi connectivity index (χ3n) is 0.591. The molecule has 0 aromatic carbocycles. The largest absolute Gasteiger partial charge is 0.434 e. The monoisotopic (exact) mass is 192 g/mol. The number of nitrogens with zero attached hydrogens (tertiary/aromatic N) is 2. The van der Waals surface area contributed by atoms with Crippen molar-refractivity contribution in [2.24, 2.45) is 9.98 Å². The first-order valence-corrected chi connectivity index (χ1v) is 2.84. The number of halogens is 1. The topological polar surface area (TPSA) is 68.1 Å². The summed E-state index contributed by atoms with van der Waals surface area (Å²) < 4.78 is 4.43. The van der Waals surface area contributed by atoms with Crippen molar-refractivity contribution in [2.75, 3.05) is 0 Å². The lowest BCUT2D eigenvalue weighted by Gasteiger charge is -1.84. The number of aliphatic imine (C=N–C) groups is 2. The lowest BCUT2D eigenvalue weighted by atomic mass is 10.8. The Morgan fingerprint density at radius 2 is 1.42 bits per heavy atom. The minimum atomic E-state index is -0.374. The van der Waals surface area contributed by atoms with Gasteiger partial charge in [-0.25, -0.2) is 0 Å². The molecule has 12 heavy (non-hydrogen) atoms. The van der Waals surface area contributed by atoms with Crippen molar-refractivity contribution in [2.45, 2.75) is 13.8 Å². The van der Waals surface area contributed by atoms with Gasteiger partial charge in [-0.05, 0) is 0 Å². The molecule has 2 amide bonds. The first-order chi connectivity index (χ1) is 5.13. The standard InChI is InChI=1S/C6H8N2O3.ClH/c1-5(9)7-3-11-4-8-6(2)10;/h3-4H,1-2H3;1H. The molecule has 0 rings (SSSR count). The second-order valence-corrected chi connectivity index (χ2v) is 1.64. The number of carbonyl (C=O) groups is 2. The van der Waals surface area contributed by atoms with Gasteiger partial charge < -0.3 is 4.74 Å². The molecule has 0 aromatic heterocycles. The molecule has 0 heterocycles. The molecule has 0 saturated carbocycles. The lowest BCUT2D eigenvalue weighted by molar-refractivity contribution is -0.116. The molecule has 0 fully saturated rings. The highest BCUT2D eigenvalue weighted by molar-refractivity contribution is 5.85. The van der Waals surface area contributed by atoms with Gasteiger partial charge in [-0.3, -0.25) is 9.59 Å². The summed E-state index contributed by atoms with van der Waals surface area (Å²) in [5, 5.41) is 0. The number of ether oxygens (including phenoxy) is 1. The first kappa shape index (κ1) is 13.4.